The summed E-state index contributed by atoms with van der Waals surface area (Å²) in [6, 6.07) is 17.8. The molecule has 9 heteroatoms. The van der Waals surface area contributed by atoms with E-state index in [4.69, 9.17) is 4.99 Å². The fourth-order valence-corrected chi connectivity index (χ4v) is 3.87. The molecule has 138 valence electrons. The number of hydrogen-bond donors (Lipinski definition) is 0. The van der Waals surface area contributed by atoms with E-state index in [2.05, 4.69) is 27.6 Å². The number of nitrogens with zero attached hydrogens (tertiary/aromatic N) is 9. The maximum absolute atomic E-state index is 9.65. The van der Waals surface area contributed by atoms with Crippen LogP contribution in [0.1, 0.15) is 11.7 Å². The highest BCUT2D eigenvalue weighted by molar-refractivity contribution is 5.91. The molecule has 0 spiro atoms. The normalized spacial score (nSPS) is 16.3. The fraction of sp³-hybridized carbons (Fsp3) is 0.0500. The Morgan fingerprint density at radius 3 is 2.69 bits per heavy atom. The van der Waals surface area contributed by atoms with Crippen LogP contribution in [0, 0.1) is 11.5 Å². The van der Waals surface area contributed by atoms with Crippen molar-refractivity contribution in [2.24, 2.45) is 4.99 Å². The predicted octanol–water partition coefficient (Wildman–Crippen LogP) is 2.74. The number of para-hydroxylation sites is 1. The first-order chi connectivity index (χ1) is 14.4. The molecule has 0 aliphatic carbocycles. The Morgan fingerprint density at radius 2 is 1.83 bits per heavy atom. The number of fused-ring (bicyclic) bond motifs is 6. The summed E-state index contributed by atoms with van der Waals surface area (Å²) in [5.74, 6) is 1.37. The monoisotopic (exact) mass is 379 g/mol. The zero-order valence-corrected chi connectivity index (χ0v) is 15.0. The highest BCUT2D eigenvalue weighted by Gasteiger charge is 2.40. The minimum Gasteiger partial charge on any atom is -0.284 e. The van der Waals surface area contributed by atoms with E-state index < -0.39 is 0 Å². The largest absolute Gasteiger partial charge is 0.284 e. The molecule has 2 aliphatic rings. The second kappa shape index (κ2) is 5.77. The summed E-state index contributed by atoms with van der Waals surface area (Å²) in [4.78, 5) is 9.07. The van der Waals surface area contributed by atoms with E-state index in [9.17, 15) is 5.26 Å². The molecule has 1 unspecified atom stereocenters. The molecule has 2 aromatic carbocycles. The van der Waals surface area contributed by atoms with Crippen LogP contribution in [0.4, 0.5) is 11.6 Å². The van der Waals surface area contributed by atoms with E-state index >= 15 is 0 Å². The van der Waals surface area contributed by atoms with Crippen molar-refractivity contribution >= 4 is 18.0 Å². The zero-order valence-electron chi connectivity index (χ0n) is 15.0. The van der Waals surface area contributed by atoms with Gasteiger partial charge in [-0.3, -0.25) is 4.57 Å². The fourth-order valence-electron chi connectivity index (χ4n) is 3.87. The van der Waals surface area contributed by atoms with Gasteiger partial charge in [0.2, 0.25) is 6.19 Å². The summed E-state index contributed by atoms with van der Waals surface area (Å²) in [6.45, 7) is 0. The SMILES string of the molecule is N#Cn1nnc(-c2ccccc2)c1N1C=NC2c3ccccc3-n3cncc3N21. The van der Waals surface area contributed by atoms with Gasteiger partial charge >= 0.3 is 0 Å². The molecular formula is C20H13N9. The van der Waals surface area contributed by atoms with Gasteiger partial charge in [0.25, 0.3) is 0 Å². The van der Waals surface area contributed by atoms with Crippen LogP contribution in [0.15, 0.2) is 72.1 Å². The lowest BCUT2D eigenvalue weighted by Crippen LogP contribution is -2.43. The van der Waals surface area contributed by atoms with E-state index in [0.29, 0.717) is 11.5 Å². The number of aromatic nitrogens is 5. The summed E-state index contributed by atoms with van der Waals surface area (Å²) in [5, 5.41) is 21.8. The van der Waals surface area contributed by atoms with E-state index in [1.54, 1.807) is 18.9 Å². The van der Waals surface area contributed by atoms with E-state index in [1.165, 1.54) is 4.68 Å². The third kappa shape index (κ3) is 2.08. The van der Waals surface area contributed by atoms with Gasteiger partial charge < -0.3 is 0 Å². The molecule has 0 bridgehead atoms. The number of aliphatic imine (C=N–C) groups is 1. The van der Waals surface area contributed by atoms with Crippen LogP contribution in [0.25, 0.3) is 16.9 Å². The van der Waals surface area contributed by atoms with Gasteiger partial charge in [-0.2, -0.15) is 5.26 Å². The van der Waals surface area contributed by atoms with Crippen molar-refractivity contribution < 1.29 is 0 Å². The molecule has 4 aromatic rings. The van der Waals surface area contributed by atoms with E-state index in [-0.39, 0.29) is 6.17 Å². The number of rotatable bonds is 2. The lowest BCUT2D eigenvalue weighted by Gasteiger charge is -2.37. The van der Waals surface area contributed by atoms with Crippen LogP contribution in [-0.4, -0.2) is 30.9 Å². The van der Waals surface area contributed by atoms with Gasteiger partial charge in [-0.15, -0.1) is 9.78 Å². The topological polar surface area (TPSA) is 91.2 Å². The number of hydrogen-bond acceptors (Lipinski definition) is 7. The molecule has 0 radical (unpaired) electrons. The Kier molecular flexibility index (Phi) is 3.10. The number of benzene rings is 2. The molecule has 0 N–H and O–H groups in total. The number of nitriles is 1. The molecule has 29 heavy (non-hydrogen) atoms. The van der Waals surface area contributed by atoms with Gasteiger partial charge in [0.05, 0.1) is 11.9 Å². The van der Waals surface area contributed by atoms with E-state index in [1.807, 2.05) is 63.1 Å². The van der Waals surface area contributed by atoms with Crippen LogP contribution in [-0.2, 0) is 0 Å². The lowest BCUT2D eigenvalue weighted by molar-refractivity contribution is 0.653. The number of anilines is 2. The maximum Gasteiger partial charge on any atom is 0.210 e. The Labute approximate surface area is 165 Å². The summed E-state index contributed by atoms with van der Waals surface area (Å²) < 4.78 is 3.22. The first kappa shape index (κ1) is 15.6. The Morgan fingerprint density at radius 1 is 1.00 bits per heavy atom. The van der Waals surface area contributed by atoms with Crippen molar-refractivity contribution in [1.29, 1.82) is 5.26 Å². The molecule has 6 rings (SSSR count). The molecule has 0 fully saturated rings. The third-order valence-electron chi connectivity index (χ3n) is 5.11. The van der Waals surface area contributed by atoms with Gasteiger partial charge in [-0.05, 0) is 11.3 Å². The van der Waals surface area contributed by atoms with Crippen molar-refractivity contribution in [3.05, 3.63) is 72.7 Å². The van der Waals surface area contributed by atoms with Gasteiger partial charge in [0.1, 0.15) is 18.4 Å². The second-order valence-electron chi connectivity index (χ2n) is 6.65. The lowest BCUT2D eigenvalue weighted by atomic mass is 10.1. The van der Waals surface area contributed by atoms with Crippen molar-refractivity contribution in [1.82, 2.24) is 24.5 Å². The summed E-state index contributed by atoms with van der Waals surface area (Å²) in [6.07, 6.45) is 7.10. The molecule has 2 aliphatic heterocycles. The smallest absolute Gasteiger partial charge is 0.210 e. The predicted molar refractivity (Wildman–Crippen MR) is 106 cm³/mol. The third-order valence-corrected chi connectivity index (χ3v) is 5.11. The Hall–Kier alpha value is -4.45. The zero-order chi connectivity index (χ0) is 19.4. The number of imidazole rings is 1. The van der Waals surface area contributed by atoms with Crippen molar-refractivity contribution in [2.45, 2.75) is 6.17 Å². The van der Waals surface area contributed by atoms with E-state index in [0.717, 1.165) is 22.6 Å². The Balaban J connectivity index is 1.55. The maximum atomic E-state index is 9.65. The second-order valence-corrected chi connectivity index (χ2v) is 6.65. The van der Waals surface area contributed by atoms with Crippen molar-refractivity contribution in [3.8, 4) is 23.1 Å². The quantitative estimate of drug-likeness (QED) is 0.532. The summed E-state index contributed by atoms with van der Waals surface area (Å²) in [7, 11) is 0. The molecule has 0 saturated heterocycles. The van der Waals surface area contributed by atoms with Crippen LogP contribution in [0.2, 0.25) is 0 Å². The first-order valence-corrected chi connectivity index (χ1v) is 9.01. The molecule has 9 nitrogen and oxygen atoms in total. The van der Waals surface area contributed by atoms with Gasteiger partial charge in [0, 0.05) is 11.1 Å². The van der Waals surface area contributed by atoms with Crippen LogP contribution < -0.4 is 10.0 Å². The van der Waals surface area contributed by atoms with Crippen molar-refractivity contribution in [3.63, 3.8) is 0 Å². The van der Waals surface area contributed by atoms with Crippen molar-refractivity contribution in [2.75, 3.05) is 10.0 Å². The van der Waals surface area contributed by atoms with Crippen LogP contribution in [0.3, 0.4) is 0 Å². The number of hydrazine groups is 1. The Bertz CT molecular complexity index is 1290. The molecule has 0 saturated carbocycles. The highest BCUT2D eigenvalue weighted by atomic mass is 15.7. The first-order valence-electron chi connectivity index (χ1n) is 9.01. The molecule has 4 heterocycles. The standard InChI is InChI=1S/C20H13N9/c21-11-27-20(18(24-25-27)14-6-2-1-3-7-14)28-13-23-19-15-8-4-5-9-16(15)26-12-22-10-17(26)29(19)28/h1-10,12-13,19H. The summed E-state index contributed by atoms with van der Waals surface area (Å²) in [5.41, 5.74) is 3.56. The van der Waals surface area contributed by atoms with Gasteiger partial charge in [-0.25, -0.2) is 20.0 Å². The van der Waals surface area contributed by atoms with Gasteiger partial charge in [0.15, 0.2) is 17.8 Å². The average Bonchev–Trinajstić information content (AvgIpc) is 3.51. The summed E-state index contributed by atoms with van der Waals surface area (Å²) >= 11 is 0. The average molecular weight is 379 g/mol. The minimum atomic E-state index is -0.263. The van der Waals surface area contributed by atoms with Gasteiger partial charge in [-0.1, -0.05) is 48.5 Å². The highest BCUT2D eigenvalue weighted by Crippen LogP contribution is 2.44. The molecule has 1 atom stereocenters. The molecule has 2 aromatic heterocycles. The minimum absolute atomic E-state index is 0.263. The molecular weight excluding hydrogens is 366 g/mol. The van der Waals surface area contributed by atoms with Crippen LogP contribution in [0.5, 0.6) is 0 Å². The molecule has 0 amide bonds. The van der Waals surface area contributed by atoms with Crippen LogP contribution >= 0.6 is 0 Å².